The number of benzene rings is 1. The summed E-state index contributed by atoms with van der Waals surface area (Å²) in [7, 11) is 0. The molecule has 2 fully saturated rings. The van der Waals surface area contributed by atoms with Gasteiger partial charge >= 0.3 is 0 Å². The van der Waals surface area contributed by atoms with Crippen LogP contribution in [0.3, 0.4) is 0 Å². The topological polar surface area (TPSA) is 55.8 Å². The molecule has 5 nitrogen and oxygen atoms in total. The fraction of sp³-hybridized carbons (Fsp3) is 0.588. The minimum atomic E-state index is -0.237. The van der Waals surface area contributed by atoms with Crippen molar-refractivity contribution in [2.24, 2.45) is 5.41 Å². The number of carbonyl (C=O) groups is 1. The Kier molecular flexibility index (Phi) is 7.64. The molecule has 1 unspecified atom stereocenters. The van der Waals surface area contributed by atoms with E-state index in [9.17, 15) is 9.90 Å². The van der Waals surface area contributed by atoms with Gasteiger partial charge in [-0.1, -0.05) is 0 Å². The summed E-state index contributed by atoms with van der Waals surface area (Å²) < 4.78 is 0. The summed E-state index contributed by atoms with van der Waals surface area (Å²) in [4.78, 5) is 17.1. The van der Waals surface area contributed by atoms with Crippen molar-refractivity contribution < 1.29 is 9.90 Å². The number of phenols is 1. The van der Waals surface area contributed by atoms with Gasteiger partial charge in [0.1, 0.15) is 5.75 Å². The smallest absolute Gasteiger partial charge is 0.229 e. The van der Waals surface area contributed by atoms with E-state index in [2.05, 4.69) is 17.1 Å². The third-order valence-corrected chi connectivity index (χ3v) is 4.90. The number of piperidine rings is 1. The second kappa shape index (κ2) is 8.79. The maximum absolute atomic E-state index is 12.8. The third kappa shape index (κ3) is 4.47. The first-order chi connectivity index (χ1) is 10.6. The summed E-state index contributed by atoms with van der Waals surface area (Å²) in [5.74, 6) is 0.584. The average molecular weight is 376 g/mol. The summed E-state index contributed by atoms with van der Waals surface area (Å²) in [6, 6.07) is 7.28. The van der Waals surface area contributed by atoms with Gasteiger partial charge < -0.3 is 20.2 Å². The van der Waals surface area contributed by atoms with Crippen molar-refractivity contribution in [3.63, 3.8) is 0 Å². The van der Waals surface area contributed by atoms with Crippen LogP contribution in [-0.2, 0) is 4.79 Å². The number of rotatable bonds is 2. The predicted molar refractivity (Wildman–Crippen MR) is 102 cm³/mol. The Morgan fingerprint density at radius 1 is 1.12 bits per heavy atom. The lowest BCUT2D eigenvalue weighted by molar-refractivity contribution is -0.142. The third-order valence-electron chi connectivity index (χ3n) is 4.90. The Morgan fingerprint density at radius 2 is 1.75 bits per heavy atom. The number of piperazine rings is 1. The van der Waals surface area contributed by atoms with Crippen molar-refractivity contribution in [2.75, 3.05) is 44.2 Å². The number of aromatic hydroxyl groups is 1. The monoisotopic (exact) mass is 375 g/mol. The van der Waals surface area contributed by atoms with Gasteiger partial charge in [0.05, 0.1) is 5.41 Å². The van der Waals surface area contributed by atoms with Gasteiger partial charge in [-0.3, -0.25) is 4.79 Å². The molecule has 2 heterocycles. The first kappa shape index (κ1) is 20.9. The van der Waals surface area contributed by atoms with Gasteiger partial charge in [-0.05, 0) is 50.6 Å². The largest absolute Gasteiger partial charge is 0.508 e. The molecule has 0 aromatic heterocycles. The fourth-order valence-electron chi connectivity index (χ4n) is 3.45. The van der Waals surface area contributed by atoms with Gasteiger partial charge in [-0.2, -0.15) is 0 Å². The molecule has 1 amide bonds. The van der Waals surface area contributed by atoms with E-state index >= 15 is 0 Å². The summed E-state index contributed by atoms with van der Waals surface area (Å²) >= 11 is 0. The zero-order valence-electron chi connectivity index (χ0n) is 14.0. The zero-order valence-corrected chi connectivity index (χ0v) is 15.7. The molecule has 0 bridgehead atoms. The number of nitrogens with zero attached hydrogens (tertiary/aromatic N) is 2. The fourth-order valence-corrected chi connectivity index (χ4v) is 3.45. The molecule has 0 radical (unpaired) electrons. The number of hydrogen-bond donors (Lipinski definition) is 2. The Bertz CT molecular complexity index is 525. The van der Waals surface area contributed by atoms with E-state index in [0.29, 0.717) is 5.91 Å². The molecule has 2 N–H and O–H groups in total. The Balaban J connectivity index is 0.00000144. The van der Waals surface area contributed by atoms with Crippen LogP contribution in [0.2, 0.25) is 0 Å². The van der Waals surface area contributed by atoms with Crippen LogP contribution in [0.4, 0.5) is 5.69 Å². The van der Waals surface area contributed by atoms with Crippen molar-refractivity contribution >= 4 is 36.4 Å². The van der Waals surface area contributed by atoms with Gasteiger partial charge in [0.15, 0.2) is 0 Å². The van der Waals surface area contributed by atoms with Crippen molar-refractivity contribution in [1.82, 2.24) is 10.2 Å². The van der Waals surface area contributed by atoms with Gasteiger partial charge in [0.25, 0.3) is 0 Å². The van der Waals surface area contributed by atoms with E-state index in [1.165, 1.54) is 0 Å². The van der Waals surface area contributed by atoms with Crippen LogP contribution in [-0.4, -0.2) is 55.2 Å². The summed E-state index contributed by atoms with van der Waals surface area (Å²) in [5, 5.41) is 12.7. The molecular formula is C17H27Cl2N3O2. The van der Waals surface area contributed by atoms with Crippen LogP contribution in [0, 0.1) is 5.41 Å². The first-order valence-electron chi connectivity index (χ1n) is 8.13. The second-order valence-corrected chi connectivity index (χ2v) is 6.64. The van der Waals surface area contributed by atoms with E-state index in [1.54, 1.807) is 12.1 Å². The minimum Gasteiger partial charge on any atom is -0.508 e. The Labute approximate surface area is 156 Å². The zero-order chi connectivity index (χ0) is 15.6. The van der Waals surface area contributed by atoms with Gasteiger partial charge in [-0.25, -0.2) is 0 Å². The van der Waals surface area contributed by atoms with Gasteiger partial charge in [0.2, 0.25) is 5.91 Å². The maximum Gasteiger partial charge on any atom is 0.229 e. The lowest BCUT2D eigenvalue weighted by Crippen LogP contribution is -2.55. The lowest BCUT2D eigenvalue weighted by atomic mass is 9.81. The van der Waals surface area contributed by atoms with E-state index in [-0.39, 0.29) is 36.0 Å². The van der Waals surface area contributed by atoms with Crippen LogP contribution in [0.5, 0.6) is 5.75 Å². The normalized spacial score (nSPS) is 23.9. The first-order valence-corrected chi connectivity index (χ1v) is 8.13. The summed E-state index contributed by atoms with van der Waals surface area (Å²) in [5.41, 5.74) is 0.870. The van der Waals surface area contributed by atoms with Crippen molar-refractivity contribution in [1.29, 1.82) is 0 Å². The predicted octanol–water partition coefficient (Wildman–Crippen LogP) is 2.27. The van der Waals surface area contributed by atoms with Crippen LogP contribution < -0.4 is 10.2 Å². The molecule has 136 valence electrons. The molecule has 2 aliphatic rings. The number of nitrogens with one attached hydrogen (secondary N) is 1. The lowest BCUT2D eigenvalue weighted by Gasteiger charge is -2.42. The quantitative estimate of drug-likeness (QED) is 0.832. The summed E-state index contributed by atoms with van der Waals surface area (Å²) in [6.07, 6.45) is 2.06. The number of carbonyl (C=O) groups excluding carboxylic acids is 1. The number of phenolic OH excluding ortho intramolecular Hbond substituents is 1. The van der Waals surface area contributed by atoms with Crippen molar-refractivity contribution in [2.45, 2.75) is 19.8 Å². The number of anilines is 1. The molecule has 0 aliphatic carbocycles. The highest BCUT2D eigenvalue weighted by atomic mass is 35.5. The van der Waals surface area contributed by atoms with Crippen LogP contribution in [0.25, 0.3) is 0 Å². The number of halogens is 2. The molecule has 24 heavy (non-hydrogen) atoms. The molecule has 3 rings (SSSR count). The van der Waals surface area contributed by atoms with E-state index in [4.69, 9.17) is 0 Å². The maximum atomic E-state index is 12.8. The second-order valence-electron chi connectivity index (χ2n) is 6.64. The standard InChI is InChI=1S/C17H25N3O2.2ClH/c1-17(7-2-8-18-13-17)16(22)20-11-9-19(10-12-20)14-3-5-15(21)6-4-14;;/h3-6,18,21H,2,7-13H2,1H3;2*1H. The van der Waals surface area contributed by atoms with E-state index < -0.39 is 0 Å². The van der Waals surface area contributed by atoms with Gasteiger partial charge in [0, 0.05) is 38.4 Å². The van der Waals surface area contributed by atoms with Crippen molar-refractivity contribution in [3.8, 4) is 5.75 Å². The van der Waals surface area contributed by atoms with Crippen molar-refractivity contribution in [3.05, 3.63) is 24.3 Å². The highest BCUT2D eigenvalue weighted by Gasteiger charge is 2.38. The average Bonchev–Trinajstić information content (AvgIpc) is 2.56. The minimum absolute atomic E-state index is 0. The SMILES string of the molecule is CC1(C(=O)N2CCN(c3ccc(O)cc3)CC2)CCCNC1.Cl.Cl. The molecule has 2 saturated heterocycles. The molecule has 0 saturated carbocycles. The molecule has 7 heteroatoms. The van der Waals surface area contributed by atoms with Crippen LogP contribution >= 0.6 is 24.8 Å². The molecule has 1 aromatic rings. The Morgan fingerprint density at radius 3 is 2.29 bits per heavy atom. The Hall–Kier alpha value is -1.17. The summed E-state index contributed by atoms with van der Waals surface area (Å²) in [6.45, 7) is 7.15. The van der Waals surface area contributed by atoms with E-state index in [0.717, 1.165) is 57.8 Å². The number of amides is 1. The van der Waals surface area contributed by atoms with E-state index in [1.807, 2.05) is 17.0 Å². The highest BCUT2D eigenvalue weighted by Crippen LogP contribution is 2.29. The van der Waals surface area contributed by atoms with Crippen LogP contribution in [0.15, 0.2) is 24.3 Å². The highest BCUT2D eigenvalue weighted by molar-refractivity contribution is 5.85. The molecule has 1 aromatic carbocycles. The molecular weight excluding hydrogens is 349 g/mol. The molecule has 0 spiro atoms. The molecule has 1 atom stereocenters. The van der Waals surface area contributed by atoms with Gasteiger partial charge in [-0.15, -0.1) is 24.8 Å². The van der Waals surface area contributed by atoms with Crippen LogP contribution in [0.1, 0.15) is 19.8 Å². The number of hydrogen-bond acceptors (Lipinski definition) is 4. The molecule has 2 aliphatic heterocycles.